The van der Waals surface area contributed by atoms with E-state index in [1.54, 1.807) is 6.42 Å². The van der Waals surface area contributed by atoms with Crippen molar-refractivity contribution in [3.8, 4) is 0 Å². The molecule has 0 saturated carbocycles. The van der Waals surface area contributed by atoms with Crippen molar-refractivity contribution in [1.82, 2.24) is 0 Å². The van der Waals surface area contributed by atoms with Gasteiger partial charge in [-0.15, -0.1) is 24.1 Å². The number of para-hydroxylation sites is 1. The summed E-state index contributed by atoms with van der Waals surface area (Å²) in [6.07, 6.45) is 6.72. The molecule has 0 unspecified atom stereocenters. The number of unbranched alkanes of at least 4 members (excludes halogenated alkanes) is 2. The number of hydrogen-bond donors (Lipinski definition) is 1. The minimum absolute atomic E-state index is 0. The van der Waals surface area contributed by atoms with E-state index in [-0.39, 0.29) is 24.8 Å². The van der Waals surface area contributed by atoms with Crippen LogP contribution in [0.3, 0.4) is 0 Å². The smallest absolute Gasteiger partial charge is 0.351 e. The van der Waals surface area contributed by atoms with Gasteiger partial charge in [0.1, 0.15) is 0 Å². The van der Waals surface area contributed by atoms with E-state index in [0.717, 1.165) is 48.1 Å². The summed E-state index contributed by atoms with van der Waals surface area (Å²) in [6, 6.07) is 14.2. The Morgan fingerprint density at radius 2 is 1.52 bits per heavy atom. The topological polar surface area (TPSA) is 29.1 Å². The second-order valence-corrected chi connectivity index (χ2v) is 6.55. The molecule has 2 nitrogen and oxygen atoms in total. The fourth-order valence-electron chi connectivity index (χ4n) is 2.45. The van der Waals surface area contributed by atoms with Gasteiger partial charge in [-0.3, -0.25) is 0 Å². The molecule has 0 saturated heterocycles. The zero-order chi connectivity index (χ0) is 21.4. The van der Waals surface area contributed by atoms with Crippen molar-refractivity contribution in [3.05, 3.63) is 91.9 Å². The monoisotopic (exact) mass is 386 g/mol. The summed E-state index contributed by atoms with van der Waals surface area (Å²) in [5.74, 6) is -0.0232. The standard InChI is InChI=1S/C12H16NO.C9H11.C5H10.Li/c1-4-6-11(14)13-12-9(2)7-5-8-10(12)3;1-3-9-7-5-4-6-8(9)2;1-3-5-4-2;/h5-8H,4H2,1-3H3,(H,13,14);4-7H,2-3H2,1H3;1-5H2;/q2*-1;-2;+1. The molecule has 3 heteroatoms. The molecule has 0 fully saturated rings. The number of carbonyl (C=O) groups is 1. The van der Waals surface area contributed by atoms with E-state index < -0.39 is 0 Å². The van der Waals surface area contributed by atoms with Gasteiger partial charge in [-0.05, 0) is 25.0 Å². The molecule has 2 aromatic rings. The van der Waals surface area contributed by atoms with Crippen molar-refractivity contribution < 1.29 is 23.7 Å². The molecule has 0 aliphatic rings. The van der Waals surface area contributed by atoms with Crippen molar-refractivity contribution >= 4 is 11.6 Å². The molecule has 0 spiro atoms. The largest absolute Gasteiger partial charge is 1.00 e. The molecule has 0 aromatic heterocycles. The van der Waals surface area contributed by atoms with E-state index in [0.29, 0.717) is 0 Å². The van der Waals surface area contributed by atoms with Gasteiger partial charge in [0.15, 0.2) is 0 Å². The van der Waals surface area contributed by atoms with Crippen LogP contribution in [0.1, 0.15) is 61.8 Å². The molecule has 1 N–H and O–H groups in total. The van der Waals surface area contributed by atoms with Crippen LogP contribution in [-0.4, -0.2) is 5.91 Å². The quantitative estimate of drug-likeness (QED) is 0.587. The van der Waals surface area contributed by atoms with Gasteiger partial charge in [-0.25, -0.2) is 0 Å². The molecule has 2 rings (SSSR count). The summed E-state index contributed by atoms with van der Waals surface area (Å²) >= 11 is 0. The van der Waals surface area contributed by atoms with Gasteiger partial charge in [0.05, 0.1) is 5.91 Å². The Bertz CT molecular complexity index is 660. The summed E-state index contributed by atoms with van der Waals surface area (Å²) in [4.78, 5) is 11.4. The van der Waals surface area contributed by atoms with Crippen LogP contribution in [0, 0.1) is 41.0 Å². The molecule has 0 heterocycles. The van der Waals surface area contributed by atoms with Crippen molar-refractivity contribution in [1.29, 1.82) is 0 Å². The van der Waals surface area contributed by atoms with Gasteiger partial charge >= 0.3 is 18.9 Å². The fraction of sp³-hybridized carbons (Fsp3) is 0.346. The van der Waals surface area contributed by atoms with Crippen LogP contribution in [0.15, 0.2) is 42.5 Å². The average molecular weight is 387 g/mol. The number of anilines is 1. The van der Waals surface area contributed by atoms with E-state index in [9.17, 15) is 4.79 Å². The number of benzene rings is 2. The van der Waals surface area contributed by atoms with Gasteiger partial charge in [0, 0.05) is 5.69 Å². The van der Waals surface area contributed by atoms with Crippen molar-refractivity contribution in [2.75, 3.05) is 5.32 Å². The Kier molecular flexibility index (Phi) is 18.6. The molecule has 29 heavy (non-hydrogen) atoms. The molecule has 0 aliphatic carbocycles. The minimum atomic E-state index is -0.0232. The first kappa shape index (κ1) is 29.4. The van der Waals surface area contributed by atoms with E-state index >= 15 is 0 Å². The Balaban J connectivity index is 0. The van der Waals surface area contributed by atoms with Crippen molar-refractivity contribution in [3.63, 3.8) is 0 Å². The Hall–Kier alpha value is -1.75. The summed E-state index contributed by atoms with van der Waals surface area (Å²) in [6.45, 7) is 19.2. The third kappa shape index (κ3) is 13.2. The van der Waals surface area contributed by atoms with Crippen LogP contribution in [0.2, 0.25) is 0 Å². The Morgan fingerprint density at radius 1 is 0.966 bits per heavy atom. The van der Waals surface area contributed by atoms with Gasteiger partial charge in [0.2, 0.25) is 0 Å². The normalized spacial score (nSPS) is 9.03. The van der Waals surface area contributed by atoms with E-state index in [4.69, 9.17) is 0 Å². The van der Waals surface area contributed by atoms with Crippen molar-refractivity contribution in [2.24, 2.45) is 0 Å². The summed E-state index contributed by atoms with van der Waals surface area (Å²) in [7, 11) is 0. The summed E-state index contributed by atoms with van der Waals surface area (Å²) < 4.78 is 0. The van der Waals surface area contributed by atoms with Gasteiger partial charge in [0.25, 0.3) is 0 Å². The van der Waals surface area contributed by atoms with Gasteiger partial charge in [-0.2, -0.15) is 37.8 Å². The van der Waals surface area contributed by atoms with Crippen LogP contribution in [0.4, 0.5) is 5.69 Å². The number of carbonyl (C=O) groups excluding carboxylic acids is 1. The van der Waals surface area contributed by atoms with Crippen LogP contribution in [0.5, 0.6) is 0 Å². The maximum Gasteiger partial charge on any atom is 1.00 e. The van der Waals surface area contributed by atoms with Crippen LogP contribution in [-0.2, 0) is 11.2 Å². The van der Waals surface area contributed by atoms with Gasteiger partial charge in [-0.1, -0.05) is 44.5 Å². The Morgan fingerprint density at radius 3 is 1.90 bits per heavy atom. The predicted octanol–water partition coefficient (Wildman–Crippen LogP) is 4.12. The third-order valence-corrected chi connectivity index (χ3v) is 4.12. The number of aryl methyl sites for hydroxylation is 3. The number of hydrogen-bond acceptors (Lipinski definition) is 1. The van der Waals surface area contributed by atoms with Crippen LogP contribution < -0.4 is 24.2 Å². The van der Waals surface area contributed by atoms with Crippen molar-refractivity contribution in [2.45, 2.75) is 59.8 Å². The number of nitrogens with one attached hydrogen (secondary N) is 1. The molecule has 0 radical (unpaired) electrons. The molecule has 156 valence electrons. The maximum atomic E-state index is 11.4. The van der Waals surface area contributed by atoms with Crippen LogP contribution >= 0.6 is 0 Å². The van der Waals surface area contributed by atoms with E-state index in [1.165, 1.54) is 12.0 Å². The molecule has 1 amide bonds. The average Bonchev–Trinajstić information content (AvgIpc) is 2.67. The molecule has 0 bridgehead atoms. The molecular weight excluding hydrogens is 349 g/mol. The van der Waals surface area contributed by atoms with Crippen LogP contribution in [0.25, 0.3) is 0 Å². The zero-order valence-corrected chi connectivity index (χ0v) is 19.2. The second kappa shape index (κ2) is 18.3. The number of amides is 1. The third-order valence-electron chi connectivity index (χ3n) is 4.12. The summed E-state index contributed by atoms with van der Waals surface area (Å²) in [5, 5.41) is 2.88. The number of rotatable bonds is 6. The Labute approximate surface area is 192 Å². The molecular formula is C26H37LiNO-3. The second-order valence-electron chi connectivity index (χ2n) is 6.55. The maximum absolute atomic E-state index is 11.4. The minimum Gasteiger partial charge on any atom is -0.351 e. The predicted molar refractivity (Wildman–Crippen MR) is 124 cm³/mol. The fourth-order valence-corrected chi connectivity index (χ4v) is 2.45. The zero-order valence-electron chi connectivity index (χ0n) is 19.2. The first-order valence-corrected chi connectivity index (χ1v) is 10.1. The first-order chi connectivity index (χ1) is 13.4. The summed E-state index contributed by atoms with van der Waals surface area (Å²) in [5.41, 5.74) is 5.63. The molecule has 0 atom stereocenters. The molecule has 0 aliphatic heterocycles. The molecule has 2 aromatic carbocycles. The van der Waals surface area contributed by atoms with E-state index in [1.807, 2.05) is 57.2 Å². The SMILES string of the molecule is CC[CH-]C(=O)Nc1c(C)cccc1C.[CH2-]CCC[CH2-].[CH2-]c1ccccc1CC.[Li+]. The first-order valence-electron chi connectivity index (χ1n) is 10.1. The van der Waals surface area contributed by atoms with E-state index in [2.05, 4.69) is 39.1 Å². The van der Waals surface area contributed by atoms with Gasteiger partial charge < -0.3 is 30.4 Å².